The van der Waals surface area contributed by atoms with E-state index in [1.54, 1.807) is 16.2 Å². The molecular weight excluding hydrogens is 362 g/mol. The highest BCUT2D eigenvalue weighted by atomic mass is 35.5. The van der Waals surface area contributed by atoms with Crippen molar-refractivity contribution in [2.24, 2.45) is 12.8 Å². The van der Waals surface area contributed by atoms with Crippen LogP contribution in [0.2, 0.25) is 5.15 Å². The van der Waals surface area contributed by atoms with Gasteiger partial charge in [0.15, 0.2) is 5.65 Å². The molecule has 1 aliphatic rings. The van der Waals surface area contributed by atoms with Crippen LogP contribution in [0.5, 0.6) is 0 Å². The molecule has 0 spiro atoms. The van der Waals surface area contributed by atoms with Crippen molar-refractivity contribution in [3.63, 3.8) is 0 Å². The Balaban J connectivity index is 1.92. The van der Waals surface area contributed by atoms with E-state index in [1.807, 2.05) is 18.2 Å². The van der Waals surface area contributed by atoms with Crippen molar-refractivity contribution < 1.29 is 0 Å². The second-order valence-corrected chi connectivity index (χ2v) is 7.73. The number of rotatable bonds is 3. The second kappa shape index (κ2) is 7.02. The van der Waals surface area contributed by atoms with Gasteiger partial charge in [0.05, 0.1) is 12.2 Å². The Morgan fingerprint density at radius 3 is 2.85 bits per heavy atom. The van der Waals surface area contributed by atoms with Crippen molar-refractivity contribution in [2.75, 3.05) is 18.0 Å². The van der Waals surface area contributed by atoms with Crippen LogP contribution in [-0.4, -0.2) is 33.2 Å². The van der Waals surface area contributed by atoms with Crippen molar-refractivity contribution in [3.8, 4) is 0 Å². The third kappa shape index (κ3) is 3.24. The summed E-state index contributed by atoms with van der Waals surface area (Å²) < 4.78 is 3.38. The molecule has 4 rings (SSSR count). The highest BCUT2D eigenvalue weighted by molar-refractivity contribution is 6.30. The maximum absolute atomic E-state index is 13.0. The van der Waals surface area contributed by atoms with E-state index >= 15 is 0 Å². The molecule has 1 atom stereocenters. The van der Waals surface area contributed by atoms with Gasteiger partial charge in [-0.25, -0.2) is 9.78 Å². The summed E-state index contributed by atoms with van der Waals surface area (Å²) >= 11 is 6.30. The number of fused-ring (bicyclic) bond motifs is 1. The number of hydrogen-bond donors (Lipinski definition) is 1. The number of aromatic nitrogens is 3. The summed E-state index contributed by atoms with van der Waals surface area (Å²) in [5.74, 6) is 0. The minimum absolute atomic E-state index is 0.0921. The Morgan fingerprint density at radius 1 is 1.33 bits per heavy atom. The molecule has 142 valence electrons. The third-order valence-electron chi connectivity index (χ3n) is 5.42. The molecule has 2 N–H and O–H groups in total. The number of piperidine rings is 1. The van der Waals surface area contributed by atoms with Crippen LogP contribution < -0.4 is 16.3 Å². The van der Waals surface area contributed by atoms with E-state index in [2.05, 4.69) is 28.9 Å². The van der Waals surface area contributed by atoms with Gasteiger partial charge in [-0.1, -0.05) is 35.9 Å². The molecule has 2 aromatic heterocycles. The van der Waals surface area contributed by atoms with E-state index in [0.717, 1.165) is 48.3 Å². The monoisotopic (exact) mass is 385 g/mol. The lowest BCUT2D eigenvalue weighted by Gasteiger charge is -2.33. The number of benzene rings is 1. The number of anilines is 1. The number of pyridine rings is 1. The fourth-order valence-electron chi connectivity index (χ4n) is 3.92. The van der Waals surface area contributed by atoms with Gasteiger partial charge in [0, 0.05) is 32.2 Å². The average molecular weight is 386 g/mol. The highest BCUT2D eigenvalue weighted by Crippen LogP contribution is 2.30. The Hall–Kier alpha value is -2.31. The second-order valence-electron chi connectivity index (χ2n) is 7.34. The number of hydrogen-bond acceptors (Lipinski definition) is 4. The molecule has 0 saturated carbocycles. The molecule has 1 saturated heterocycles. The maximum Gasteiger partial charge on any atom is 0.330 e. The smallest absolute Gasteiger partial charge is 0.330 e. The average Bonchev–Trinajstić information content (AvgIpc) is 2.88. The first-order valence-corrected chi connectivity index (χ1v) is 9.64. The fourth-order valence-corrected chi connectivity index (χ4v) is 4.10. The van der Waals surface area contributed by atoms with Crippen LogP contribution in [-0.2, 0) is 13.6 Å². The van der Waals surface area contributed by atoms with E-state index in [4.69, 9.17) is 17.3 Å². The predicted octanol–water partition coefficient (Wildman–Crippen LogP) is 2.67. The molecule has 7 heteroatoms. The Kier molecular flexibility index (Phi) is 4.70. The quantitative estimate of drug-likeness (QED) is 0.704. The van der Waals surface area contributed by atoms with Crippen LogP contribution in [0, 0.1) is 6.92 Å². The molecule has 6 nitrogen and oxygen atoms in total. The lowest BCUT2D eigenvalue weighted by atomic mass is 10.1. The minimum Gasteiger partial charge on any atom is -0.368 e. The zero-order valence-electron chi connectivity index (χ0n) is 15.7. The van der Waals surface area contributed by atoms with Crippen LogP contribution >= 0.6 is 11.6 Å². The lowest BCUT2D eigenvalue weighted by molar-refractivity contribution is 0.506. The van der Waals surface area contributed by atoms with E-state index in [1.165, 1.54) is 0 Å². The van der Waals surface area contributed by atoms with Gasteiger partial charge in [-0.15, -0.1) is 0 Å². The van der Waals surface area contributed by atoms with Gasteiger partial charge in [-0.3, -0.25) is 9.13 Å². The van der Waals surface area contributed by atoms with Crippen molar-refractivity contribution in [2.45, 2.75) is 32.4 Å². The van der Waals surface area contributed by atoms with Gasteiger partial charge in [0.1, 0.15) is 10.7 Å². The molecule has 0 aliphatic carbocycles. The van der Waals surface area contributed by atoms with Gasteiger partial charge >= 0.3 is 5.69 Å². The molecule has 3 aromatic rings. The van der Waals surface area contributed by atoms with Crippen molar-refractivity contribution in [1.29, 1.82) is 0 Å². The van der Waals surface area contributed by atoms with Gasteiger partial charge < -0.3 is 10.6 Å². The number of halogens is 1. The summed E-state index contributed by atoms with van der Waals surface area (Å²) in [6.45, 7) is 4.21. The van der Waals surface area contributed by atoms with Crippen LogP contribution in [0.3, 0.4) is 0 Å². The lowest BCUT2D eigenvalue weighted by Crippen LogP contribution is -2.43. The number of nitrogens with two attached hydrogens (primary N) is 1. The van der Waals surface area contributed by atoms with E-state index in [-0.39, 0.29) is 11.7 Å². The molecule has 0 amide bonds. The summed E-state index contributed by atoms with van der Waals surface area (Å²) in [5, 5.41) is 0.389. The summed E-state index contributed by atoms with van der Waals surface area (Å²) in [5.41, 5.74) is 10.7. The molecule has 0 bridgehead atoms. The van der Waals surface area contributed by atoms with Gasteiger partial charge in [-0.2, -0.15) is 0 Å². The third-order valence-corrected chi connectivity index (χ3v) is 5.61. The summed E-state index contributed by atoms with van der Waals surface area (Å²) in [6.07, 6.45) is 2.04. The molecule has 0 unspecified atom stereocenters. The zero-order chi connectivity index (χ0) is 19.1. The van der Waals surface area contributed by atoms with E-state index < -0.39 is 0 Å². The highest BCUT2D eigenvalue weighted by Gasteiger charge is 2.24. The molecule has 1 aromatic carbocycles. The fraction of sp³-hybridized carbons (Fsp3) is 0.400. The normalized spacial score (nSPS) is 17.6. The van der Waals surface area contributed by atoms with Gasteiger partial charge in [0.25, 0.3) is 0 Å². The van der Waals surface area contributed by atoms with E-state index in [9.17, 15) is 4.79 Å². The first-order valence-electron chi connectivity index (χ1n) is 9.26. The molecule has 1 aliphatic heterocycles. The van der Waals surface area contributed by atoms with Crippen molar-refractivity contribution in [1.82, 2.24) is 14.1 Å². The first-order chi connectivity index (χ1) is 13.0. The van der Waals surface area contributed by atoms with Crippen LogP contribution in [0.1, 0.15) is 24.0 Å². The molecule has 1 fully saturated rings. The maximum atomic E-state index is 13.0. The summed E-state index contributed by atoms with van der Waals surface area (Å²) in [4.78, 5) is 19.7. The van der Waals surface area contributed by atoms with Gasteiger partial charge in [-0.05, 0) is 30.9 Å². The SMILES string of the molecule is Cc1ccccc1Cn1c(=O)n(C)c2nc(Cl)cc(N3CCC[C@@H](N)C3)c21. The topological polar surface area (TPSA) is 69.1 Å². The first kappa shape index (κ1) is 18.1. The molecular formula is C20H24ClN5O. The minimum atomic E-state index is -0.0921. The van der Waals surface area contributed by atoms with Crippen LogP contribution in [0.4, 0.5) is 5.69 Å². The largest absolute Gasteiger partial charge is 0.368 e. The van der Waals surface area contributed by atoms with Crippen molar-refractivity contribution in [3.05, 3.63) is 57.1 Å². The van der Waals surface area contributed by atoms with Crippen LogP contribution in [0.25, 0.3) is 11.2 Å². The number of imidazole rings is 1. The molecule has 3 heterocycles. The standard InChI is InChI=1S/C20H24ClN5O/c1-13-6-3-4-7-14(13)11-26-18-16(25-9-5-8-15(22)12-25)10-17(21)23-19(18)24(2)20(26)27/h3-4,6-7,10,15H,5,8-9,11-12,22H2,1-2H3/t15-/m1/s1. The summed E-state index contributed by atoms with van der Waals surface area (Å²) in [6, 6.07) is 10.1. The van der Waals surface area contributed by atoms with Gasteiger partial charge in [0.2, 0.25) is 0 Å². The summed E-state index contributed by atoms with van der Waals surface area (Å²) in [7, 11) is 1.74. The Labute approximate surface area is 163 Å². The zero-order valence-corrected chi connectivity index (χ0v) is 16.4. The number of nitrogens with zero attached hydrogens (tertiary/aromatic N) is 4. The number of aryl methyl sites for hydroxylation is 2. The van der Waals surface area contributed by atoms with Crippen molar-refractivity contribution >= 4 is 28.5 Å². The Bertz CT molecular complexity index is 1050. The Morgan fingerprint density at radius 2 is 2.11 bits per heavy atom. The van der Waals surface area contributed by atoms with E-state index in [0.29, 0.717) is 17.3 Å². The molecule has 27 heavy (non-hydrogen) atoms. The van der Waals surface area contributed by atoms with Crippen LogP contribution in [0.15, 0.2) is 35.1 Å². The molecule has 0 radical (unpaired) electrons. The predicted molar refractivity (Wildman–Crippen MR) is 110 cm³/mol.